The van der Waals surface area contributed by atoms with Crippen molar-refractivity contribution in [2.45, 2.75) is 45.7 Å². The molecule has 4 amide bonds. The van der Waals surface area contributed by atoms with Gasteiger partial charge in [-0.3, -0.25) is 19.2 Å². The van der Waals surface area contributed by atoms with Crippen LogP contribution in [0, 0.1) is 5.41 Å². The molecular formula is C23H30N4O4. The summed E-state index contributed by atoms with van der Waals surface area (Å²) in [7, 11) is 0. The van der Waals surface area contributed by atoms with E-state index in [4.69, 9.17) is 0 Å². The van der Waals surface area contributed by atoms with Gasteiger partial charge in [0.15, 0.2) is 0 Å². The third-order valence-corrected chi connectivity index (χ3v) is 6.16. The molecule has 3 aliphatic rings. The number of fused-ring (bicyclic) bond motifs is 1. The lowest BCUT2D eigenvalue weighted by Crippen LogP contribution is -2.54. The van der Waals surface area contributed by atoms with Crippen molar-refractivity contribution in [2.75, 3.05) is 32.7 Å². The van der Waals surface area contributed by atoms with E-state index in [-0.39, 0.29) is 36.2 Å². The highest BCUT2D eigenvalue weighted by atomic mass is 16.2. The Hall–Kier alpha value is -2.90. The van der Waals surface area contributed by atoms with Crippen LogP contribution in [0.4, 0.5) is 0 Å². The summed E-state index contributed by atoms with van der Waals surface area (Å²) in [4.78, 5) is 56.0. The molecule has 0 radical (unpaired) electrons. The highest BCUT2D eigenvalue weighted by Gasteiger charge is 2.47. The number of nitrogens with zero attached hydrogens (tertiary/aromatic N) is 3. The largest absolute Gasteiger partial charge is 0.345 e. The minimum absolute atomic E-state index is 0.0811. The van der Waals surface area contributed by atoms with E-state index in [0.717, 1.165) is 12.8 Å². The molecule has 1 unspecified atom stereocenters. The predicted molar refractivity (Wildman–Crippen MR) is 114 cm³/mol. The van der Waals surface area contributed by atoms with Crippen molar-refractivity contribution in [3.05, 3.63) is 35.4 Å². The second kappa shape index (κ2) is 7.98. The minimum atomic E-state index is -0.676. The van der Waals surface area contributed by atoms with E-state index in [9.17, 15) is 19.2 Å². The van der Waals surface area contributed by atoms with Crippen LogP contribution in [-0.2, 0) is 14.4 Å². The van der Waals surface area contributed by atoms with E-state index in [0.29, 0.717) is 37.3 Å². The van der Waals surface area contributed by atoms with E-state index in [1.807, 2.05) is 32.9 Å². The molecular weight excluding hydrogens is 396 g/mol. The number of carbonyl (C=O) groups excluding carboxylic acids is 4. The van der Waals surface area contributed by atoms with Gasteiger partial charge in [-0.1, -0.05) is 39.0 Å². The molecule has 0 bridgehead atoms. The van der Waals surface area contributed by atoms with Gasteiger partial charge < -0.3 is 20.0 Å². The lowest BCUT2D eigenvalue weighted by molar-refractivity contribution is -0.144. The van der Waals surface area contributed by atoms with Gasteiger partial charge >= 0.3 is 0 Å². The molecule has 1 saturated heterocycles. The Kier molecular flexibility index (Phi) is 5.49. The van der Waals surface area contributed by atoms with Gasteiger partial charge in [0.05, 0.1) is 6.54 Å². The molecule has 0 spiro atoms. The van der Waals surface area contributed by atoms with Crippen LogP contribution in [-0.4, -0.2) is 77.1 Å². The van der Waals surface area contributed by atoms with Gasteiger partial charge in [-0.05, 0) is 24.5 Å². The SMILES string of the molecule is CC(C)(C)C(=O)N1CCN(C(=O)CNC(=O)C2c3ccccc3C(=O)N2C2CC2)CC1. The van der Waals surface area contributed by atoms with Crippen LogP contribution >= 0.6 is 0 Å². The standard InChI is InChI=1S/C23H30N4O4/c1-23(2,3)22(31)26-12-10-25(11-13-26)18(28)14-24-20(29)19-16-6-4-5-7-17(16)21(30)27(19)15-8-9-15/h4-7,15,19H,8-14H2,1-3H3,(H,24,29). The molecule has 1 aliphatic carbocycles. The van der Waals surface area contributed by atoms with Crippen LogP contribution in [0.3, 0.4) is 0 Å². The van der Waals surface area contributed by atoms with E-state index in [2.05, 4.69) is 5.32 Å². The Morgan fingerprint density at radius 1 is 1.00 bits per heavy atom. The first-order valence-corrected chi connectivity index (χ1v) is 10.9. The van der Waals surface area contributed by atoms with Crippen LogP contribution in [0.2, 0.25) is 0 Å². The normalized spacial score (nSPS) is 21.2. The maximum absolute atomic E-state index is 13.0. The highest BCUT2D eigenvalue weighted by molar-refractivity contribution is 6.05. The second-order valence-electron chi connectivity index (χ2n) is 9.57. The van der Waals surface area contributed by atoms with E-state index in [1.54, 1.807) is 26.8 Å². The van der Waals surface area contributed by atoms with Crippen molar-refractivity contribution >= 4 is 23.6 Å². The Balaban J connectivity index is 1.34. The number of benzene rings is 1. The summed E-state index contributed by atoms with van der Waals surface area (Å²) in [6, 6.07) is 6.61. The maximum Gasteiger partial charge on any atom is 0.255 e. The van der Waals surface area contributed by atoms with Crippen LogP contribution in [0.1, 0.15) is 55.6 Å². The molecule has 2 aliphatic heterocycles. The van der Waals surface area contributed by atoms with Gasteiger partial charge in [-0.15, -0.1) is 0 Å². The summed E-state index contributed by atoms with van der Waals surface area (Å²) < 4.78 is 0. The fraction of sp³-hybridized carbons (Fsp3) is 0.565. The summed E-state index contributed by atoms with van der Waals surface area (Å²) >= 11 is 0. The summed E-state index contributed by atoms with van der Waals surface area (Å²) in [6.07, 6.45) is 1.81. The van der Waals surface area contributed by atoms with Crippen molar-refractivity contribution in [2.24, 2.45) is 5.41 Å². The quantitative estimate of drug-likeness (QED) is 0.783. The minimum Gasteiger partial charge on any atom is -0.345 e. The van der Waals surface area contributed by atoms with E-state index < -0.39 is 11.5 Å². The van der Waals surface area contributed by atoms with Gasteiger partial charge in [0.25, 0.3) is 5.91 Å². The zero-order valence-corrected chi connectivity index (χ0v) is 18.4. The summed E-state index contributed by atoms with van der Waals surface area (Å²) in [5, 5.41) is 2.75. The molecule has 166 valence electrons. The van der Waals surface area contributed by atoms with E-state index >= 15 is 0 Å². The lowest BCUT2D eigenvalue weighted by atomic mass is 9.94. The van der Waals surface area contributed by atoms with Crippen molar-refractivity contribution in [3.8, 4) is 0 Å². The van der Waals surface area contributed by atoms with Crippen molar-refractivity contribution in [1.82, 2.24) is 20.0 Å². The van der Waals surface area contributed by atoms with Gasteiger partial charge in [0, 0.05) is 43.2 Å². The first-order chi connectivity index (χ1) is 14.7. The molecule has 1 aromatic rings. The van der Waals surface area contributed by atoms with Crippen LogP contribution in [0.15, 0.2) is 24.3 Å². The lowest BCUT2D eigenvalue weighted by Gasteiger charge is -2.37. The molecule has 8 heteroatoms. The Morgan fingerprint density at radius 3 is 2.23 bits per heavy atom. The molecule has 2 fully saturated rings. The third kappa shape index (κ3) is 4.16. The maximum atomic E-state index is 13.0. The van der Waals surface area contributed by atoms with E-state index in [1.165, 1.54) is 0 Å². The average Bonchev–Trinajstić information content (AvgIpc) is 3.54. The average molecular weight is 427 g/mol. The van der Waals surface area contributed by atoms with Gasteiger partial charge in [-0.25, -0.2) is 0 Å². The van der Waals surface area contributed by atoms with Gasteiger partial charge in [-0.2, -0.15) is 0 Å². The first-order valence-electron chi connectivity index (χ1n) is 10.9. The predicted octanol–water partition coefficient (Wildman–Crippen LogP) is 1.18. The molecule has 1 atom stereocenters. The van der Waals surface area contributed by atoms with Crippen molar-refractivity contribution < 1.29 is 19.2 Å². The third-order valence-electron chi connectivity index (χ3n) is 6.16. The topological polar surface area (TPSA) is 90.0 Å². The van der Waals surface area contributed by atoms with Crippen LogP contribution < -0.4 is 5.32 Å². The van der Waals surface area contributed by atoms with Gasteiger partial charge in [0.1, 0.15) is 6.04 Å². The number of hydrogen-bond donors (Lipinski definition) is 1. The zero-order chi connectivity index (χ0) is 22.3. The van der Waals surface area contributed by atoms with Gasteiger partial charge in [0.2, 0.25) is 17.7 Å². The summed E-state index contributed by atoms with van der Waals surface area (Å²) in [6.45, 7) is 7.45. The Bertz CT molecular complexity index is 910. The monoisotopic (exact) mass is 426 g/mol. The first kappa shape index (κ1) is 21.3. The highest BCUT2D eigenvalue weighted by Crippen LogP contribution is 2.41. The number of piperazine rings is 1. The van der Waals surface area contributed by atoms with Crippen molar-refractivity contribution in [1.29, 1.82) is 0 Å². The Labute approximate surface area is 182 Å². The summed E-state index contributed by atoms with van der Waals surface area (Å²) in [5.41, 5.74) is 0.835. The number of nitrogens with one attached hydrogen (secondary N) is 1. The number of hydrogen-bond acceptors (Lipinski definition) is 4. The molecule has 1 saturated carbocycles. The Morgan fingerprint density at radius 2 is 1.61 bits per heavy atom. The molecule has 8 nitrogen and oxygen atoms in total. The number of amides is 4. The fourth-order valence-corrected chi connectivity index (χ4v) is 4.34. The second-order valence-corrected chi connectivity index (χ2v) is 9.57. The molecule has 0 aromatic heterocycles. The molecule has 1 aromatic carbocycles. The van der Waals surface area contributed by atoms with Crippen LogP contribution in [0.25, 0.3) is 0 Å². The molecule has 4 rings (SSSR count). The zero-order valence-electron chi connectivity index (χ0n) is 18.4. The smallest absolute Gasteiger partial charge is 0.255 e. The molecule has 1 N–H and O–H groups in total. The fourth-order valence-electron chi connectivity index (χ4n) is 4.34. The number of rotatable bonds is 4. The molecule has 2 heterocycles. The molecule has 31 heavy (non-hydrogen) atoms. The number of carbonyl (C=O) groups is 4. The van der Waals surface area contributed by atoms with Crippen molar-refractivity contribution in [3.63, 3.8) is 0 Å². The summed E-state index contributed by atoms with van der Waals surface area (Å²) in [5.74, 6) is -0.520. The van der Waals surface area contributed by atoms with Crippen LogP contribution in [0.5, 0.6) is 0 Å².